The number of rotatable bonds is 2. The summed E-state index contributed by atoms with van der Waals surface area (Å²) in [5, 5.41) is 2.54. The first-order chi connectivity index (χ1) is 6.00. The van der Waals surface area contributed by atoms with Crippen molar-refractivity contribution in [3.8, 4) is 0 Å². The van der Waals surface area contributed by atoms with Crippen LogP contribution in [0.4, 0.5) is 8.78 Å². The number of nitrogens with zero attached hydrogens (tertiary/aromatic N) is 1. The lowest BCUT2D eigenvalue weighted by molar-refractivity contribution is -0.120. The minimum absolute atomic E-state index is 0.244. The number of hydrogen-bond donors (Lipinski definition) is 1. The van der Waals surface area contributed by atoms with Gasteiger partial charge in [-0.3, -0.25) is 4.79 Å². The second-order valence-electron chi connectivity index (χ2n) is 3.53. The monoisotopic (exact) mass is 192 g/mol. The Morgan fingerprint density at radius 1 is 1.54 bits per heavy atom. The van der Waals surface area contributed by atoms with Crippen LogP contribution in [0.2, 0.25) is 0 Å². The van der Waals surface area contributed by atoms with Crippen molar-refractivity contribution in [1.29, 1.82) is 0 Å². The average molecular weight is 192 g/mol. The molecule has 2 unspecified atom stereocenters. The molecule has 1 N–H and O–H groups in total. The summed E-state index contributed by atoms with van der Waals surface area (Å²) in [5.41, 5.74) is 0. The molecule has 5 heteroatoms. The van der Waals surface area contributed by atoms with E-state index in [9.17, 15) is 13.6 Å². The van der Waals surface area contributed by atoms with Crippen molar-refractivity contribution in [1.82, 2.24) is 10.2 Å². The van der Waals surface area contributed by atoms with E-state index in [0.29, 0.717) is 13.1 Å². The van der Waals surface area contributed by atoms with Gasteiger partial charge < -0.3 is 10.2 Å². The Bertz CT molecular complexity index is 199. The second-order valence-corrected chi connectivity index (χ2v) is 3.53. The SMILES string of the molecule is CC(=O)NC1CN(C)CC1C(F)F. The highest BCUT2D eigenvalue weighted by atomic mass is 19.3. The van der Waals surface area contributed by atoms with Gasteiger partial charge in [-0.05, 0) is 7.05 Å². The summed E-state index contributed by atoms with van der Waals surface area (Å²) in [5.74, 6) is -0.972. The van der Waals surface area contributed by atoms with E-state index in [0.717, 1.165) is 0 Å². The predicted octanol–water partition coefficient (Wildman–Crippen LogP) is 0.318. The summed E-state index contributed by atoms with van der Waals surface area (Å²) in [6.07, 6.45) is -2.36. The fourth-order valence-electron chi connectivity index (χ4n) is 1.70. The minimum Gasteiger partial charge on any atom is -0.352 e. The number of alkyl halides is 2. The third-order valence-corrected chi connectivity index (χ3v) is 2.26. The molecule has 2 atom stereocenters. The van der Waals surface area contributed by atoms with E-state index in [4.69, 9.17) is 0 Å². The number of hydrogen-bond acceptors (Lipinski definition) is 2. The maximum Gasteiger partial charge on any atom is 0.244 e. The van der Waals surface area contributed by atoms with Gasteiger partial charge in [0.05, 0.1) is 12.0 Å². The molecule has 1 heterocycles. The highest BCUT2D eigenvalue weighted by molar-refractivity contribution is 5.73. The van der Waals surface area contributed by atoms with Gasteiger partial charge in [0.25, 0.3) is 0 Å². The highest BCUT2D eigenvalue weighted by Gasteiger charge is 2.37. The van der Waals surface area contributed by atoms with Crippen molar-refractivity contribution in [3.63, 3.8) is 0 Å². The lowest BCUT2D eigenvalue weighted by atomic mass is 10.1. The summed E-state index contributed by atoms with van der Waals surface area (Å²) < 4.78 is 24.9. The molecule has 1 aliphatic rings. The second kappa shape index (κ2) is 4.00. The molecule has 1 fully saturated rings. The van der Waals surface area contributed by atoms with Crippen LogP contribution in [0, 0.1) is 5.92 Å². The molecule has 1 rings (SSSR count). The molecule has 1 saturated heterocycles. The van der Waals surface area contributed by atoms with Gasteiger partial charge in [0, 0.05) is 20.0 Å². The normalized spacial score (nSPS) is 29.6. The van der Waals surface area contributed by atoms with E-state index >= 15 is 0 Å². The predicted molar refractivity (Wildman–Crippen MR) is 44.6 cm³/mol. The number of carbonyl (C=O) groups excluding carboxylic acids is 1. The quantitative estimate of drug-likeness (QED) is 0.683. The number of carbonyl (C=O) groups is 1. The number of halogens is 2. The molecule has 0 aromatic carbocycles. The molecule has 76 valence electrons. The van der Waals surface area contributed by atoms with Crippen LogP contribution in [0.1, 0.15) is 6.92 Å². The van der Waals surface area contributed by atoms with E-state index in [-0.39, 0.29) is 5.91 Å². The number of amides is 1. The van der Waals surface area contributed by atoms with Gasteiger partial charge >= 0.3 is 0 Å². The van der Waals surface area contributed by atoms with E-state index in [1.54, 1.807) is 11.9 Å². The van der Waals surface area contributed by atoms with E-state index in [1.807, 2.05) is 0 Å². The largest absolute Gasteiger partial charge is 0.352 e. The van der Waals surface area contributed by atoms with Crippen LogP contribution in [-0.4, -0.2) is 43.4 Å². The van der Waals surface area contributed by atoms with Crippen molar-refractivity contribution in [2.75, 3.05) is 20.1 Å². The molecule has 1 amide bonds. The van der Waals surface area contributed by atoms with Crippen molar-refractivity contribution >= 4 is 5.91 Å². The summed E-state index contributed by atoms with van der Waals surface area (Å²) in [7, 11) is 1.77. The molecule has 0 radical (unpaired) electrons. The van der Waals surface area contributed by atoms with Crippen LogP contribution in [0.5, 0.6) is 0 Å². The van der Waals surface area contributed by atoms with Gasteiger partial charge in [-0.1, -0.05) is 0 Å². The van der Waals surface area contributed by atoms with Crippen LogP contribution in [0.15, 0.2) is 0 Å². The Labute approximate surface area is 76.1 Å². The number of nitrogens with one attached hydrogen (secondary N) is 1. The van der Waals surface area contributed by atoms with Gasteiger partial charge in [-0.25, -0.2) is 8.78 Å². The molecule has 0 spiro atoms. The third-order valence-electron chi connectivity index (χ3n) is 2.26. The van der Waals surface area contributed by atoms with Crippen molar-refractivity contribution in [2.24, 2.45) is 5.92 Å². The van der Waals surface area contributed by atoms with Gasteiger partial charge in [0.15, 0.2) is 0 Å². The van der Waals surface area contributed by atoms with Crippen LogP contribution in [0.25, 0.3) is 0 Å². The fourth-order valence-corrected chi connectivity index (χ4v) is 1.70. The molecular weight excluding hydrogens is 178 g/mol. The zero-order chi connectivity index (χ0) is 10.0. The van der Waals surface area contributed by atoms with Crippen LogP contribution in [-0.2, 0) is 4.79 Å². The Morgan fingerprint density at radius 3 is 2.62 bits per heavy atom. The Balaban J connectivity index is 2.55. The van der Waals surface area contributed by atoms with Crippen molar-refractivity contribution in [3.05, 3.63) is 0 Å². The lowest BCUT2D eigenvalue weighted by Gasteiger charge is -2.17. The zero-order valence-electron chi connectivity index (χ0n) is 7.76. The Kier molecular flexibility index (Phi) is 3.19. The Morgan fingerprint density at radius 2 is 2.15 bits per heavy atom. The molecular formula is C8H14F2N2O. The van der Waals surface area contributed by atoms with E-state index in [1.165, 1.54) is 6.92 Å². The molecule has 0 bridgehead atoms. The van der Waals surface area contributed by atoms with E-state index < -0.39 is 18.4 Å². The van der Waals surface area contributed by atoms with Gasteiger partial charge in [-0.2, -0.15) is 0 Å². The molecule has 0 aliphatic carbocycles. The summed E-state index contributed by atoms with van der Waals surface area (Å²) in [4.78, 5) is 12.5. The minimum atomic E-state index is -2.36. The molecule has 13 heavy (non-hydrogen) atoms. The molecule has 1 aliphatic heterocycles. The topological polar surface area (TPSA) is 32.3 Å². The number of likely N-dealkylation sites (N-methyl/N-ethyl adjacent to an activating group) is 1. The first-order valence-corrected chi connectivity index (χ1v) is 4.24. The van der Waals surface area contributed by atoms with Gasteiger partial charge in [-0.15, -0.1) is 0 Å². The Hall–Kier alpha value is -0.710. The molecule has 0 saturated carbocycles. The van der Waals surface area contributed by atoms with Crippen LogP contribution in [0.3, 0.4) is 0 Å². The standard InChI is InChI=1S/C8H14F2N2O/c1-5(13)11-7-4-12(2)3-6(7)8(9)10/h6-8H,3-4H2,1-2H3,(H,11,13). The van der Waals surface area contributed by atoms with Crippen molar-refractivity contribution in [2.45, 2.75) is 19.4 Å². The lowest BCUT2D eigenvalue weighted by Crippen LogP contribution is -2.41. The summed E-state index contributed by atoms with van der Waals surface area (Å²) >= 11 is 0. The molecule has 3 nitrogen and oxygen atoms in total. The average Bonchev–Trinajstić information content (AvgIpc) is 2.29. The first kappa shape index (κ1) is 10.4. The fraction of sp³-hybridized carbons (Fsp3) is 0.875. The maximum atomic E-state index is 12.4. The summed E-state index contributed by atoms with van der Waals surface area (Å²) in [6, 6.07) is -0.400. The first-order valence-electron chi connectivity index (χ1n) is 4.24. The third kappa shape index (κ3) is 2.62. The van der Waals surface area contributed by atoms with Crippen LogP contribution < -0.4 is 5.32 Å². The molecule has 0 aromatic rings. The highest BCUT2D eigenvalue weighted by Crippen LogP contribution is 2.22. The van der Waals surface area contributed by atoms with Crippen molar-refractivity contribution < 1.29 is 13.6 Å². The van der Waals surface area contributed by atoms with Gasteiger partial charge in [0.1, 0.15) is 0 Å². The summed E-state index contributed by atoms with van der Waals surface area (Å²) in [6.45, 7) is 2.21. The van der Waals surface area contributed by atoms with Gasteiger partial charge in [0.2, 0.25) is 12.3 Å². The smallest absolute Gasteiger partial charge is 0.244 e. The van der Waals surface area contributed by atoms with E-state index in [2.05, 4.69) is 5.32 Å². The molecule has 0 aromatic heterocycles. The number of likely N-dealkylation sites (tertiary alicyclic amines) is 1. The maximum absolute atomic E-state index is 12.4. The zero-order valence-corrected chi connectivity index (χ0v) is 7.76. The van der Waals surface area contributed by atoms with Crippen LogP contribution >= 0.6 is 0 Å².